The van der Waals surface area contributed by atoms with E-state index in [0.717, 1.165) is 11.2 Å². The van der Waals surface area contributed by atoms with Crippen LogP contribution in [0.3, 0.4) is 0 Å². The largest absolute Gasteiger partial charge is 0.416 e. The molecule has 2 aliphatic heterocycles. The molecule has 3 atom stereocenters. The number of benzene rings is 2. The number of hydrogen-bond donors (Lipinski definition) is 0. The zero-order valence-corrected chi connectivity index (χ0v) is 24.2. The van der Waals surface area contributed by atoms with Crippen molar-refractivity contribution in [1.29, 1.82) is 0 Å². The fraction of sp³-hybridized carbons (Fsp3) is 0.536. The molecule has 0 radical (unpaired) electrons. The monoisotopic (exact) mass is 623 g/mol. The van der Waals surface area contributed by atoms with Gasteiger partial charge in [0.05, 0.1) is 23.4 Å². The van der Waals surface area contributed by atoms with Crippen molar-refractivity contribution in [2.45, 2.75) is 50.6 Å². The van der Waals surface area contributed by atoms with E-state index in [0.29, 0.717) is 55.9 Å². The van der Waals surface area contributed by atoms with E-state index >= 15 is 0 Å². The Balaban J connectivity index is 1.63. The van der Waals surface area contributed by atoms with Crippen molar-refractivity contribution in [3.8, 4) is 0 Å². The Hall–Kier alpha value is -2.71. The van der Waals surface area contributed by atoms with E-state index in [1.165, 1.54) is 30.4 Å². The van der Waals surface area contributed by atoms with E-state index in [4.69, 9.17) is 0 Å². The molecule has 4 rings (SSSR count). The maximum Gasteiger partial charge on any atom is 0.416 e. The minimum absolute atomic E-state index is 0.0481. The Morgan fingerprint density at radius 3 is 2.05 bits per heavy atom. The highest BCUT2D eigenvalue weighted by atomic mass is 32.2. The van der Waals surface area contributed by atoms with Crippen molar-refractivity contribution in [3.05, 3.63) is 70.0 Å². The molecule has 2 aromatic rings. The molecule has 232 valence electrons. The summed E-state index contributed by atoms with van der Waals surface area (Å²) in [5.41, 5.74) is -1.95. The number of carbonyl (C=O) groups excluding carboxylic acids is 1. The van der Waals surface area contributed by atoms with Gasteiger partial charge in [-0.05, 0) is 73.8 Å². The van der Waals surface area contributed by atoms with Gasteiger partial charge in [0.15, 0.2) is 0 Å². The number of piperidine rings is 1. The summed E-state index contributed by atoms with van der Waals surface area (Å²) < 4.78 is 120. The number of amides is 1. The van der Waals surface area contributed by atoms with Crippen LogP contribution in [0.1, 0.15) is 53.1 Å². The molecule has 0 aromatic heterocycles. The van der Waals surface area contributed by atoms with Gasteiger partial charge in [-0.25, -0.2) is 12.8 Å². The van der Waals surface area contributed by atoms with Crippen LogP contribution in [-0.2, 0) is 27.2 Å². The Bertz CT molecular complexity index is 1410. The lowest BCUT2D eigenvalue weighted by Gasteiger charge is -2.49. The third kappa shape index (κ3) is 6.75. The fourth-order valence-electron chi connectivity index (χ4n) is 5.79. The highest BCUT2D eigenvalue weighted by Gasteiger charge is 2.44. The number of likely N-dealkylation sites (tertiary alicyclic amines) is 1. The van der Waals surface area contributed by atoms with Crippen LogP contribution in [0.4, 0.5) is 30.7 Å². The van der Waals surface area contributed by atoms with Crippen LogP contribution in [0.15, 0.2) is 36.4 Å². The SMILES string of the molecule is Cc1cc(F)ccc1[C@H]1CN(C2CN(S(C)(=O)=O)C2)CC[C@@H]1C(=O)N(C)[C@H](C)c1cc(C(F)(F)F)cc(C(F)(F)F)c1. The molecule has 42 heavy (non-hydrogen) atoms. The molecule has 2 saturated heterocycles. The van der Waals surface area contributed by atoms with E-state index in [9.17, 15) is 43.9 Å². The summed E-state index contributed by atoms with van der Waals surface area (Å²) in [6.07, 6.45) is -8.61. The molecule has 2 aromatic carbocycles. The molecule has 0 saturated carbocycles. The third-order valence-electron chi connectivity index (χ3n) is 8.43. The average molecular weight is 624 g/mol. The highest BCUT2D eigenvalue weighted by molar-refractivity contribution is 7.88. The standard InChI is InChI=1S/C28H32F7N3O3S/c1-16-9-21(29)5-6-23(16)25-15-37(22-13-38(14-22)42(4,40)41)8-7-24(25)26(39)36(3)17(2)18-10-19(27(30,31)32)12-20(11-18)28(33,34)35/h5-6,9-12,17,22,24-25H,7-8,13-15H2,1-4H3/t17-,24+,25-/m1/s1. The number of alkyl halides is 6. The van der Waals surface area contributed by atoms with Crippen molar-refractivity contribution < 1.29 is 43.9 Å². The molecule has 0 spiro atoms. The molecular formula is C28H32F7N3O3S. The molecule has 2 aliphatic rings. The molecule has 0 aliphatic carbocycles. The van der Waals surface area contributed by atoms with Gasteiger partial charge in [0.25, 0.3) is 0 Å². The molecular weight excluding hydrogens is 591 g/mol. The highest BCUT2D eigenvalue weighted by Crippen LogP contribution is 2.41. The van der Waals surface area contributed by atoms with Gasteiger partial charge in [0.2, 0.25) is 15.9 Å². The summed E-state index contributed by atoms with van der Waals surface area (Å²) in [5, 5.41) is 0. The van der Waals surface area contributed by atoms with E-state index in [1.54, 1.807) is 13.0 Å². The predicted octanol–water partition coefficient (Wildman–Crippen LogP) is 5.44. The Morgan fingerprint density at radius 2 is 1.55 bits per heavy atom. The molecule has 0 bridgehead atoms. The van der Waals surface area contributed by atoms with Gasteiger partial charge in [-0.15, -0.1) is 0 Å². The topological polar surface area (TPSA) is 60.9 Å². The first kappa shape index (κ1) is 32.2. The van der Waals surface area contributed by atoms with Crippen molar-refractivity contribution >= 4 is 15.9 Å². The minimum atomic E-state index is -5.02. The van der Waals surface area contributed by atoms with E-state index in [1.807, 2.05) is 0 Å². The quantitative estimate of drug-likeness (QED) is 0.403. The Labute approximate surface area is 240 Å². The second-order valence-electron chi connectivity index (χ2n) is 11.2. The first-order valence-electron chi connectivity index (χ1n) is 13.3. The second-order valence-corrected chi connectivity index (χ2v) is 13.2. The van der Waals surface area contributed by atoms with Crippen LogP contribution >= 0.6 is 0 Å². The maximum absolute atomic E-state index is 13.9. The van der Waals surface area contributed by atoms with Crippen molar-refractivity contribution in [3.63, 3.8) is 0 Å². The fourth-order valence-corrected chi connectivity index (χ4v) is 6.68. The summed E-state index contributed by atoms with van der Waals surface area (Å²) in [6.45, 7) is 4.42. The van der Waals surface area contributed by atoms with Crippen LogP contribution < -0.4 is 0 Å². The normalized spacial score (nSPS) is 22.1. The zero-order valence-electron chi connectivity index (χ0n) is 23.4. The van der Waals surface area contributed by atoms with Crippen LogP contribution in [0, 0.1) is 18.7 Å². The van der Waals surface area contributed by atoms with Gasteiger partial charge in [-0.1, -0.05) is 6.07 Å². The van der Waals surface area contributed by atoms with Gasteiger partial charge in [-0.3, -0.25) is 9.69 Å². The van der Waals surface area contributed by atoms with Crippen molar-refractivity contribution in [1.82, 2.24) is 14.1 Å². The van der Waals surface area contributed by atoms with Crippen LogP contribution in [0.5, 0.6) is 0 Å². The number of halogens is 7. The number of carbonyl (C=O) groups is 1. The lowest BCUT2D eigenvalue weighted by molar-refractivity contribution is -0.143. The minimum Gasteiger partial charge on any atom is -0.339 e. The summed E-state index contributed by atoms with van der Waals surface area (Å²) in [5.74, 6) is -2.10. The smallest absolute Gasteiger partial charge is 0.339 e. The molecule has 0 N–H and O–H groups in total. The van der Waals surface area contributed by atoms with E-state index in [-0.39, 0.29) is 17.7 Å². The summed E-state index contributed by atoms with van der Waals surface area (Å²) in [7, 11) is -2.00. The summed E-state index contributed by atoms with van der Waals surface area (Å²) in [6, 6.07) is 4.27. The molecule has 2 fully saturated rings. The molecule has 6 nitrogen and oxygen atoms in total. The van der Waals surface area contributed by atoms with Gasteiger partial charge in [0, 0.05) is 44.6 Å². The summed E-state index contributed by atoms with van der Waals surface area (Å²) >= 11 is 0. The number of rotatable bonds is 6. The maximum atomic E-state index is 13.9. The predicted molar refractivity (Wildman–Crippen MR) is 141 cm³/mol. The van der Waals surface area contributed by atoms with E-state index < -0.39 is 63.1 Å². The number of aryl methyl sites for hydroxylation is 1. The van der Waals surface area contributed by atoms with Crippen LogP contribution in [0.25, 0.3) is 0 Å². The van der Waals surface area contributed by atoms with Crippen LogP contribution in [0.2, 0.25) is 0 Å². The molecule has 14 heteroatoms. The average Bonchev–Trinajstić information content (AvgIpc) is 2.84. The zero-order chi connectivity index (χ0) is 31.4. The number of nitrogens with zero attached hydrogens (tertiary/aromatic N) is 3. The van der Waals surface area contributed by atoms with Crippen LogP contribution in [-0.4, -0.2) is 74.0 Å². The Morgan fingerprint density at radius 1 is 0.976 bits per heavy atom. The van der Waals surface area contributed by atoms with Gasteiger partial charge < -0.3 is 4.90 Å². The molecule has 2 heterocycles. The number of sulfonamides is 1. The first-order valence-corrected chi connectivity index (χ1v) is 15.1. The second kappa shape index (κ2) is 11.4. The molecule has 0 unspecified atom stereocenters. The summed E-state index contributed by atoms with van der Waals surface area (Å²) in [4.78, 5) is 17.1. The van der Waals surface area contributed by atoms with Crippen molar-refractivity contribution in [2.75, 3.05) is 39.5 Å². The van der Waals surface area contributed by atoms with E-state index in [2.05, 4.69) is 4.90 Å². The molecule has 1 amide bonds. The third-order valence-corrected chi connectivity index (χ3v) is 9.66. The lowest BCUT2D eigenvalue weighted by Crippen LogP contribution is -2.63. The first-order chi connectivity index (χ1) is 19.3. The lowest BCUT2D eigenvalue weighted by atomic mass is 9.77. The number of hydrogen-bond acceptors (Lipinski definition) is 4. The van der Waals surface area contributed by atoms with Gasteiger partial charge >= 0.3 is 12.4 Å². The Kier molecular flexibility index (Phi) is 8.76. The van der Waals surface area contributed by atoms with Gasteiger partial charge in [-0.2, -0.15) is 30.6 Å². The van der Waals surface area contributed by atoms with Crippen molar-refractivity contribution in [2.24, 2.45) is 5.92 Å². The van der Waals surface area contributed by atoms with Gasteiger partial charge in [0.1, 0.15) is 5.82 Å².